The van der Waals surface area contributed by atoms with Crippen molar-refractivity contribution in [1.82, 2.24) is 9.78 Å². The second kappa shape index (κ2) is 9.43. The third-order valence-electron chi connectivity index (χ3n) is 3.13. The van der Waals surface area contributed by atoms with Gasteiger partial charge in [-0.2, -0.15) is 5.10 Å². The quantitative estimate of drug-likeness (QED) is 0.839. The molecule has 5 nitrogen and oxygen atoms in total. The van der Waals surface area contributed by atoms with Gasteiger partial charge in [-0.25, -0.2) is 0 Å². The van der Waals surface area contributed by atoms with E-state index in [0.717, 1.165) is 24.5 Å². The van der Waals surface area contributed by atoms with Crippen molar-refractivity contribution < 1.29 is 4.74 Å². The zero-order valence-corrected chi connectivity index (χ0v) is 14.7. The van der Waals surface area contributed by atoms with Gasteiger partial charge in [0, 0.05) is 12.6 Å². The topological polar surface area (TPSA) is 65.1 Å². The minimum absolute atomic E-state index is 0. The van der Waals surface area contributed by atoms with E-state index in [0.29, 0.717) is 11.7 Å². The number of benzene rings is 1. The van der Waals surface area contributed by atoms with Crippen molar-refractivity contribution in [2.75, 3.05) is 24.7 Å². The van der Waals surface area contributed by atoms with Gasteiger partial charge in [-0.1, -0.05) is 12.1 Å². The average Bonchev–Trinajstić information content (AvgIpc) is 2.81. The van der Waals surface area contributed by atoms with Crippen molar-refractivity contribution in [3.05, 3.63) is 36.0 Å². The molecule has 0 spiro atoms. The molecule has 0 aliphatic rings. The minimum atomic E-state index is 0. The van der Waals surface area contributed by atoms with Gasteiger partial charge in [-0.3, -0.25) is 4.68 Å². The predicted octanol–water partition coefficient (Wildman–Crippen LogP) is 3.55. The SMILES string of the molecule is COc1cccc(CCNc2nn(C(C)C)cc2N)c1.Cl.Cl. The maximum atomic E-state index is 5.94. The van der Waals surface area contributed by atoms with Crippen molar-refractivity contribution in [2.45, 2.75) is 26.3 Å². The van der Waals surface area contributed by atoms with Crippen LogP contribution < -0.4 is 15.8 Å². The molecule has 0 atom stereocenters. The van der Waals surface area contributed by atoms with Crippen molar-refractivity contribution in [1.29, 1.82) is 0 Å². The molecule has 0 saturated heterocycles. The molecule has 1 heterocycles. The van der Waals surface area contributed by atoms with Crippen LogP contribution in [-0.2, 0) is 6.42 Å². The van der Waals surface area contributed by atoms with Gasteiger partial charge in [0.25, 0.3) is 0 Å². The summed E-state index contributed by atoms with van der Waals surface area (Å²) in [6.45, 7) is 4.94. The molecule has 0 saturated carbocycles. The first-order valence-corrected chi connectivity index (χ1v) is 6.81. The Hall–Kier alpha value is -1.59. The highest BCUT2D eigenvalue weighted by atomic mass is 35.5. The van der Waals surface area contributed by atoms with Gasteiger partial charge in [0.1, 0.15) is 5.75 Å². The number of hydrogen-bond donors (Lipinski definition) is 2. The number of aromatic nitrogens is 2. The molecule has 7 heteroatoms. The molecular weight excluding hydrogens is 323 g/mol. The molecule has 3 N–H and O–H groups in total. The molecule has 0 fully saturated rings. The monoisotopic (exact) mass is 346 g/mol. The fourth-order valence-electron chi connectivity index (χ4n) is 1.96. The van der Waals surface area contributed by atoms with Gasteiger partial charge in [-0.05, 0) is 38.0 Å². The van der Waals surface area contributed by atoms with Gasteiger partial charge in [0.15, 0.2) is 5.82 Å². The summed E-state index contributed by atoms with van der Waals surface area (Å²) in [6, 6.07) is 8.37. The van der Waals surface area contributed by atoms with E-state index in [1.807, 2.05) is 29.1 Å². The summed E-state index contributed by atoms with van der Waals surface area (Å²) < 4.78 is 7.08. The van der Waals surface area contributed by atoms with Crippen LogP contribution >= 0.6 is 24.8 Å². The molecule has 0 aliphatic carbocycles. The third kappa shape index (κ3) is 5.31. The highest BCUT2D eigenvalue weighted by Crippen LogP contribution is 2.18. The van der Waals surface area contributed by atoms with Crippen LogP contribution in [0.4, 0.5) is 11.5 Å². The molecule has 1 aromatic heterocycles. The van der Waals surface area contributed by atoms with Crippen LogP contribution in [0, 0.1) is 0 Å². The number of anilines is 2. The normalized spacial score (nSPS) is 9.82. The summed E-state index contributed by atoms with van der Waals surface area (Å²) in [6.07, 6.45) is 2.75. The van der Waals surface area contributed by atoms with Crippen molar-refractivity contribution in [2.24, 2.45) is 0 Å². The minimum Gasteiger partial charge on any atom is -0.497 e. The molecule has 0 unspecified atom stereocenters. The largest absolute Gasteiger partial charge is 0.497 e. The molecule has 0 radical (unpaired) electrons. The number of rotatable bonds is 6. The molecular formula is C15H24Cl2N4O. The van der Waals surface area contributed by atoms with Crippen LogP contribution in [0.5, 0.6) is 5.75 Å². The summed E-state index contributed by atoms with van der Waals surface area (Å²) >= 11 is 0. The molecule has 2 rings (SSSR count). The van der Waals surface area contributed by atoms with Crippen molar-refractivity contribution >= 4 is 36.3 Å². The zero-order valence-electron chi connectivity index (χ0n) is 13.1. The number of hydrogen-bond acceptors (Lipinski definition) is 4. The first-order valence-electron chi connectivity index (χ1n) is 6.81. The number of nitrogen functional groups attached to an aromatic ring is 1. The van der Waals surface area contributed by atoms with Crippen LogP contribution in [0.25, 0.3) is 0 Å². The number of nitrogens with zero attached hydrogens (tertiary/aromatic N) is 2. The van der Waals surface area contributed by atoms with Crippen LogP contribution in [0.3, 0.4) is 0 Å². The van der Waals surface area contributed by atoms with Crippen molar-refractivity contribution in [3.63, 3.8) is 0 Å². The summed E-state index contributed by atoms with van der Waals surface area (Å²) in [5.74, 6) is 1.63. The molecule has 22 heavy (non-hydrogen) atoms. The first kappa shape index (κ1) is 20.4. The van der Waals surface area contributed by atoms with Crippen LogP contribution in [-0.4, -0.2) is 23.4 Å². The Kier molecular flexibility index (Phi) is 8.75. The smallest absolute Gasteiger partial charge is 0.171 e. The van der Waals surface area contributed by atoms with Crippen molar-refractivity contribution in [3.8, 4) is 5.75 Å². The first-order chi connectivity index (χ1) is 9.60. The van der Waals surface area contributed by atoms with Gasteiger partial charge in [-0.15, -0.1) is 24.8 Å². The molecule has 1 aromatic carbocycles. The molecule has 0 amide bonds. The van der Waals surface area contributed by atoms with E-state index in [-0.39, 0.29) is 24.8 Å². The fourth-order valence-corrected chi connectivity index (χ4v) is 1.96. The Morgan fingerprint density at radius 1 is 1.32 bits per heavy atom. The van der Waals surface area contributed by atoms with Crippen LogP contribution in [0.1, 0.15) is 25.5 Å². The maximum absolute atomic E-state index is 5.94. The standard InChI is InChI=1S/C15H22N4O.2ClH/c1-11(2)19-10-14(16)15(18-19)17-8-7-12-5-4-6-13(9-12)20-3;;/h4-6,9-11H,7-8,16H2,1-3H3,(H,17,18);2*1H. The van der Waals surface area contributed by atoms with Gasteiger partial charge >= 0.3 is 0 Å². The van der Waals surface area contributed by atoms with E-state index in [4.69, 9.17) is 10.5 Å². The fraction of sp³-hybridized carbons (Fsp3) is 0.400. The maximum Gasteiger partial charge on any atom is 0.171 e. The third-order valence-corrected chi connectivity index (χ3v) is 3.13. The Morgan fingerprint density at radius 2 is 2.05 bits per heavy atom. The van der Waals surface area contributed by atoms with E-state index in [1.54, 1.807) is 7.11 Å². The summed E-state index contributed by atoms with van der Waals surface area (Å²) in [7, 11) is 1.68. The van der Waals surface area contributed by atoms with Crippen LogP contribution in [0.15, 0.2) is 30.5 Å². The summed E-state index contributed by atoms with van der Waals surface area (Å²) in [4.78, 5) is 0. The number of nitrogens with two attached hydrogens (primary N) is 1. The van der Waals surface area contributed by atoms with Gasteiger partial charge in [0.05, 0.1) is 19.0 Å². The average molecular weight is 347 g/mol. The summed E-state index contributed by atoms with van der Waals surface area (Å²) in [5, 5.41) is 7.71. The van der Waals surface area contributed by atoms with E-state index in [2.05, 4.69) is 30.3 Å². The lowest BCUT2D eigenvalue weighted by Gasteiger charge is -2.06. The number of halogens is 2. The zero-order chi connectivity index (χ0) is 14.5. The number of methoxy groups -OCH3 is 1. The lowest BCUT2D eigenvalue weighted by atomic mass is 10.1. The molecule has 0 bridgehead atoms. The van der Waals surface area contributed by atoms with Gasteiger partial charge < -0.3 is 15.8 Å². The Labute approximate surface area is 144 Å². The molecule has 0 aliphatic heterocycles. The van der Waals surface area contributed by atoms with Crippen LogP contribution in [0.2, 0.25) is 0 Å². The lowest BCUT2D eigenvalue weighted by Crippen LogP contribution is -2.08. The van der Waals surface area contributed by atoms with E-state index < -0.39 is 0 Å². The predicted molar refractivity (Wildman–Crippen MR) is 96.7 cm³/mol. The number of ether oxygens (including phenoxy) is 1. The Balaban J connectivity index is 0.00000220. The van der Waals surface area contributed by atoms with E-state index in [9.17, 15) is 0 Å². The Morgan fingerprint density at radius 3 is 2.64 bits per heavy atom. The highest BCUT2D eigenvalue weighted by Gasteiger charge is 2.07. The molecule has 2 aromatic rings. The van der Waals surface area contributed by atoms with Gasteiger partial charge in [0.2, 0.25) is 0 Å². The van der Waals surface area contributed by atoms with E-state index >= 15 is 0 Å². The number of nitrogens with one attached hydrogen (secondary N) is 1. The second-order valence-electron chi connectivity index (χ2n) is 5.04. The van der Waals surface area contributed by atoms with E-state index in [1.165, 1.54) is 5.56 Å². The summed E-state index contributed by atoms with van der Waals surface area (Å²) in [5.41, 5.74) is 7.84. The second-order valence-corrected chi connectivity index (χ2v) is 5.04. The highest BCUT2D eigenvalue weighted by molar-refractivity contribution is 5.85. The molecule has 124 valence electrons. The Bertz CT molecular complexity index is 572. The lowest BCUT2D eigenvalue weighted by molar-refractivity contribution is 0.414.